The van der Waals surface area contributed by atoms with Gasteiger partial charge in [0.15, 0.2) is 11.6 Å². The molecule has 0 aliphatic carbocycles. The Balaban J connectivity index is 2.39. The van der Waals surface area contributed by atoms with Crippen molar-refractivity contribution in [2.45, 2.75) is 6.92 Å². The zero-order valence-electron chi connectivity index (χ0n) is 9.77. The molecule has 0 bridgehead atoms. The van der Waals surface area contributed by atoms with Crippen LogP contribution in [-0.2, 0) is 0 Å². The van der Waals surface area contributed by atoms with Gasteiger partial charge in [-0.25, -0.2) is 9.37 Å². The van der Waals surface area contributed by atoms with Crippen molar-refractivity contribution in [1.29, 1.82) is 0 Å². The van der Waals surface area contributed by atoms with Crippen molar-refractivity contribution in [2.75, 3.05) is 19.0 Å². The maximum Gasteiger partial charge on any atom is 0.207 e. The number of benzene rings is 1. The molecule has 5 heteroatoms. The number of anilines is 1. The molecule has 1 heterocycles. The molecule has 0 fully saturated rings. The van der Waals surface area contributed by atoms with Gasteiger partial charge in [0.05, 0.1) is 12.8 Å². The van der Waals surface area contributed by atoms with Crippen molar-refractivity contribution in [3.05, 3.63) is 36.4 Å². The average Bonchev–Trinajstić information content (AvgIpc) is 2.78. The van der Waals surface area contributed by atoms with Gasteiger partial charge in [-0.15, -0.1) is 0 Å². The number of methoxy groups -OCH3 is 1. The lowest BCUT2D eigenvalue weighted by molar-refractivity contribution is 0.386. The minimum atomic E-state index is -0.388. The minimum Gasteiger partial charge on any atom is -0.494 e. The van der Waals surface area contributed by atoms with Gasteiger partial charge >= 0.3 is 0 Å². The van der Waals surface area contributed by atoms with Crippen LogP contribution in [0, 0.1) is 5.82 Å². The van der Waals surface area contributed by atoms with Crippen molar-refractivity contribution in [2.24, 2.45) is 0 Å². The molecule has 2 aromatic rings. The number of ether oxygens (including phenoxy) is 1. The second kappa shape index (κ2) is 4.86. The van der Waals surface area contributed by atoms with Crippen LogP contribution in [0.4, 0.5) is 10.3 Å². The first-order chi connectivity index (χ1) is 8.26. The van der Waals surface area contributed by atoms with Gasteiger partial charge in [-0.1, -0.05) is 0 Å². The summed E-state index contributed by atoms with van der Waals surface area (Å²) in [5.41, 5.74) is 0.705. The van der Waals surface area contributed by atoms with Gasteiger partial charge in [-0.05, 0) is 19.1 Å². The molecule has 1 aromatic heterocycles. The third kappa shape index (κ3) is 2.22. The van der Waals surface area contributed by atoms with Gasteiger partial charge < -0.3 is 10.1 Å². The first kappa shape index (κ1) is 11.4. The predicted molar refractivity (Wildman–Crippen MR) is 64.2 cm³/mol. The molecule has 0 radical (unpaired) electrons. The van der Waals surface area contributed by atoms with E-state index in [2.05, 4.69) is 10.3 Å². The summed E-state index contributed by atoms with van der Waals surface area (Å²) in [6.45, 7) is 2.74. The predicted octanol–water partition coefficient (Wildman–Crippen LogP) is 2.45. The summed E-state index contributed by atoms with van der Waals surface area (Å²) in [5.74, 6) is 0.539. The summed E-state index contributed by atoms with van der Waals surface area (Å²) in [6.07, 6.45) is 3.44. The highest BCUT2D eigenvalue weighted by molar-refractivity contribution is 5.44. The number of rotatable bonds is 4. The van der Waals surface area contributed by atoms with E-state index in [1.165, 1.54) is 13.2 Å². The second-order valence-electron chi connectivity index (χ2n) is 3.47. The molecule has 4 nitrogen and oxygen atoms in total. The van der Waals surface area contributed by atoms with E-state index in [1.54, 1.807) is 29.1 Å². The Labute approximate surface area is 99.1 Å². The molecule has 0 aliphatic rings. The number of nitrogens with zero attached hydrogens (tertiary/aromatic N) is 2. The van der Waals surface area contributed by atoms with Gasteiger partial charge in [0, 0.05) is 25.0 Å². The molecule has 0 atom stereocenters. The fourth-order valence-electron chi connectivity index (χ4n) is 1.61. The molecule has 0 saturated heterocycles. The van der Waals surface area contributed by atoms with Gasteiger partial charge in [0.2, 0.25) is 5.95 Å². The lowest BCUT2D eigenvalue weighted by Gasteiger charge is -2.09. The third-order valence-electron chi connectivity index (χ3n) is 2.39. The Kier molecular flexibility index (Phi) is 3.27. The van der Waals surface area contributed by atoms with Crippen molar-refractivity contribution in [3.8, 4) is 11.4 Å². The van der Waals surface area contributed by atoms with E-state index >= 15 is 0 Å². The van der Waals surface area contributed by atoms with Gasteiger partial charge in [0.25, 0.3) is 0 Å². The standard InChI is InChI=1S/C12H14FN3O/c1-3-14-12-15-6-7-16(12)9-4-5-11(17-2)10(13)8-9/h4-8H,3H2,1-2H3,(H,14,15). The molecule has 90 valence electrons. The summed E-state index contributed by atoms with van der Waals surface area (Å²) in [6, 6.07) is 4.80. The molecular weight excluding hydrogens is 221 g/mol. The largest absolute Gasteiger partial charge is 0.494 e. The topological polar surface area (TPSA) is 39.1 Å². The van der Waals surface area contributed by atoms with Crippen molar-refractivity contribution >= 4 is 5.95 Å². The highest BCUT2D eigenvalue weighted by atomic mass is 19.1. The highest BCUT2D eigenvalue weighted by Gasteiger charge is 2.07. The number of imidazole rings is 1. The van der Waals surface area contributed by atoms with Gasteiger partial charge in [-0.3, -0.25) is 4.57 Å². The fourth-order valence-corrected chi connectivity index (χ4v) is 1.61. The molecule has 0 amide bonds. The third-order valence-corrected chi connectivity index (χ3v) is 2.39. The molecule has 1 aromatic carbocycles. The monoisotopic (exact) mass is 235 g/mol. The summed E-state index contributed by atoms with van der Waals surface area (Å²) in [7, 11) is 1.44. The van der Waals surface area contributed by atoms with E-state index in [9.17, 15) is 4.39 Å². The quantitative estimate of drug-likeness (QED) is 0.884. The summed E-state index contributed by atoms with van der Waals surface area (Å²) >= 11 is 0. The van der Waals surface area contributed by atoms with E-state index in [4.69, 9.17) is 4.74 Å². The minimum absolute atomic E-state index is 0.235. The normalized spacial score (nSPS) is 10.3. The van der Waals surface area contributed by atoms with Crippen molar-refractivity contribution in [3.63, 3.8) is 0 Å². The number of nitrogens with one attached hydrogen (secondary N) is 1. The van der Waals surface area contributed by atoms with Crippen LogP contribution in [0.25, 0.3) is 5.69 Å². The Hall–Kier alpha value is -2.04. The fraction of sp³-hybridized carbons (Fsp3) is 0.250. The number of hydrogen-bond donors (Lipinski definition) is 1. The molecule has 2 rings (SSSR count). The number of hydrogen-bond acceptors (Lipinski definition) is 3. The Morgan fingerprint density at radius 1 is 1.47 bits per heavy atom. The Morgan fingerprint density at radius 3 is 2.94 bits per heavy atom. The molecule has 0 aliphatic heterocycles. The maximum absolute atomic E-state index is 13.6. The van der Waals surface area contributed by atoms with Crippen LogP contribution < -0.4 is 10.1 Å². The van der Waals surface area contributed by atoms with E-state index in [0.717, 1.165) is 6.54 Å². The smallest absolute Gasteiger partial charge is 0.207 e. The SMILES string of the molecule is CCNc1nccn1-c1ccc(OC)c(F)c1. The van der Waals surface area contributed by atoms with Crippen molar-refractivity contribution < 1.29 is 9.13 Å². The summed E-state index contributed by atoms with van der Waals surface area (Å²) < 4.78 is 20.2. The van der Waals surface area contributed by atoms with Crippen LogP contribution >= 0.6 is 0 Å². The molecule has 0 unspecified atom stereocenters. The number of aromatic nitrogens is 2. The van der Waals surface area contributed by atoms with Crippen LogP contribution in [0.1, 0.15) is 6.92 Å². The van der Waals surface area contributed by atoms with Crippen LogP contribution in [-0.4, -0.2) is 23.2 Å². The van der Waals surface area contributed by atoms with Crippen LogP contribution in [0.15, 0.2) is 30.6 Å². The van der Waals surface area contributed by atoms with E-state index < -0.39 is 0 Å². The van der Waals surface area contributed by atoms with Crippen LogP contribution in [0.3, 0.4) is 0 Å². The Morgan fingerprint density at radius 2 is 2.29 bits per heavy atom. The summed E-state index contributed by atoms with van der Waals surface area (Å²) in [5, 5.41) is 3.10. The first-order valence-electron chi connectivity index (χ1n) is 5.37. The molecule has 0 saturated carbocycles. The molecular formula is C12H14FN3O. The van der Waals surface area contributed by atoms with Crippen LogP contribution in [0.2, 0.25) is 0 Å². The first-order valence-corrected chi connectivity index (χ1v) is 5.37. The van der Waals surface area contributed by atoms with Gasteiger partial charge in [-0.2, -0.15) is 0 Å². The lowest BCUT2D eigenvalue weighted by atomic mass is 10.3. The lowest BCUT2D eigenvalue weighted by Crippen LogP contribution is -2.05. The molecule has 0 spiro atoms. The maximum atomic E-state index is 13.6. The molecule has 17 heavy (non-hydrogen) atoms. The zero-order valence-corrected chi connectivity index (χ0v) is 9.77. The molecule has 1 N–H and O–H groups in total. The summed E-state index contributed by atoms with van der Waals surface area (Å²) in [4.78, 5) is 4.15. The second-order valence-corrected chi connectivity index (χ2v) is 3.47. The Bertz CT molecular complexity index is 510. The number of halogens is 1. The van der Waals surface area contributed by atoms with Crippen molar-refractivity contribution in [1.82, 2.24) is 9.55 Å². The average molecular weight is 235 g/mol. The van der Waals surface area contributed by atoms with E-state index in [-0.39, 0.29) is 11.6 Å². The zero-order chi connectivity index (χ0) is 12.3. The highest BCUT2D eigenvalue weighted by Crippen LogP contribution is 2.22. The van der Waals surface area contributed by atoms with Gasteiger partial charge in [0.1, 0.15) is 0 Å². The van der Waals surface area contributed by atoms with E-state index in [0.29, 0.717) is 11.6 Å². The van der Waals surface area contributed by atoms with Crippen LogP contribution in [0.5, 0.6) is 5.75 Å². The van der Waals surface area contributed by atoms with E-state index in [1.807, 2.05) is 6.92 Å².